The fraction of sp³-hybridized carbons (Fsp3) is 0.217. The predicted octanol–water partition coefficient (Wildman–Crippen LogP) is 3.92. The number of allylic oxidation sites excluding steroid dienone is 1. The molecule has 11 heteroatoms. The number of anilines is 1. The zero-order chi connectivity index (χ0) is 24.5. The Morgan fingerprint density at radius 3 is 2.76 bits per heavy atom. The van der Waals surface area contributed by atoms with Crippen molar-refractivity contribution in [1.29, 1.82) is 0 Å². The third kappa shape index (κ3) is 6.75. The predicted molar refractivity (Wildman–Crippen MR) is 133 cm³/mol. The number of carbonyl (C=O) groups excluding carboxylic acids is 1. The van der Waals surface area contributed by atoms with Crippen LogP contribution >= 0.6 is 11.8 Å². The molecule has 1 aromatic heterocycles. The fourth-order valence-electron chi connectivity index (χ4n) is 2.89. The van der Waals surface area contributed by atoms with Gasteiger partial charge in [0.15, 0.2) is 11.0 Å². The van der Waals surface area contributed by atoms with Crippen LogP contribution in [0.2, 0.25) is 0 Å². The number of carbonyl (C=O) groups is 1. The average Bonchev–Trinajstić information content (AvgIpc) is 3.20. The van der Waals surface area contributed by atoms with Gasteiger partial charge in [0, 0.05) is 29.9 Å². The Bertz CT molecular complexity index is 1190. The maximum atomic E-state index is 12.5. The smallest absolute Gasteiger partial charge is 0.270 e. The normalized spacial score (nSPS) is 11.8. The largest absolute Gasteiger partial charge is 0.378 e. The summed E-state index contributed by atoms with van der Waals surface area (Å²) in [7, 11) is 0. The summed E-state index contributed by atoms with van der Waals surface area (Å²) in [4.78, 5) is 22.9. The van der Waals surface area contributed by atoms with Crippen molar-refractivity contribution in [2.24, 2.45) is 5.10 Å². The molecule has 176 valence electrons. The molecular weight excluding hydrogens is 454 g/mol. The Kier molecular flexibility index (Phi) is 8.52. The number of benzene rings is 2. The lowest BCUT2D eigenvalue weighted by atomic mass is 10.2. The van der Waals surface area contributed by atoms with Crippen molar-refractivity contribution in [3.8, 4) is 0 Å². The highest BCUT2D eigenvalue weighted by Crippen LogP contribution is 2.23. The molecule has 0 fully saturated rings. The van der Waals surface area contributed by atoms with Gasteiger partial charge in [0.1, 0.15) is 0 Å². The van der Waals surface area contributed by atoms with Crippen molar-refractivity contribution in [2.45, 2.75) is 37.3 Å². The number of aryl methyl sites for hydroxylation is 1. The van der Waals surface area contributed by atoms with Crippen LogP contribution in [0.25, 0.3) is 0 Å². The number of hydrazone groups is 1. The third-order valence-corrected chi connectivity index (χ3v) is 5.81. The average molecular weight is 480 g/mol. The number of nitrogens with zero attached hydrogens (tertiary/aromatic N) is 5. The lowest BCUT2D eigenvalue weighted by molar-refractivity contribution is -0.384. The van der Waals surface area contributed by atoms with Gasteiger partial charge in [0.25, 0.3) is 11.6 Å². The van der Waals surface area contributed by atoms with Gasteiger partial charge < -0.3 is 9.88 Å². The van der Waals surface area contributed by atoms with Gasteiger partial charge in [-0.25, -0.2) is 5.43 Å². The second-order valence-corrected chi connectivity index (χ2v) is 8.67. The first-order valence-corrected chi connectivity index (χ1v) is 11.3. The summed E-state index contributed by atoms with van der Waals surface area (Å²) < 4.78 is 1.90. The van der Waals surface area contributed by atoms with E-state index < -0.39 is 10.2 Å². The molecule has 0 aliphatic heterocycles. The molecular formula is C23H25N7O3S. The van der Waals surface area contributed by atoms with Gasteiger partial charge >= 0.3 is 0 Å². The third-order valence-electron chi connectivity index (χ3n) is 4.73. The monoisotopic (exact) mass is 479 g/mol. The van der Waals surface area contributed by atoms with Crippen molar-refractivity contribution in [3.63, 3.8) is 0 Å². The number of thioether (sulfide) groups is 1. The van der Waals surface area contributed by atoms with E-state index in [0.717, 1.165) is 11.5 Å². The molecule has 34 heavy (non-hydrogen) atoms. The molecule has 0 saturated heterocycles. The van der Waals surface area contributed by atoms with E-state index in [2.05, 4.69) is 32.6 Å². The van der Waals surface area contributed by atoms with E-state index in [4.69, 9.17) is 0 Å². The molecule has 1 atom stereocenters. The van der Waals surface area contributed by atoms with Gasteiger partial charge in [-0.05, 0) is 26.0 Å². The van der Waals surface area contributed by atoms with Crippen LogP contribution in [-0.2, 0) is 17.9 Å². The van der Waals surface area contributed by atoms with Crippen LogP contribution < -0.4 is 10.7 Å². The number of hydrogen-bond donors (Lipinski definition) is 2. The molecule has 1 unspecified atom stereocenters. The molecule has 0 radical (unpaired) electrons. The van der Waals surface area contributed by atoms with Crippen LogP contribution in [0.1, 0.15) is 23.9 Å². The van der Waals surface area contributed by atoms with E-state index in [1.54, 1.807) is 25.1 Å². The first-order chi connectivity index (χ1) is 16.4. The molecule has 3 rings (SSSR count). The van der Waals surface area contributed by atoms with Gasteiger partial charge in [-0.15, -0.1) is 16.8 Å². The quantitative estimate of drug-likeness (QED) is 0.140. The summed E-state index contributed by atoms with van der Waals surface area (Å²) in [6, 6.07) is 14.0. The fourth-order valence-corrected chi connectivity index (χ4v) is 3.76. The number of rotatable bonds is 11. The van der Waals surface area contributed by atoms with Gasteiger partial charge in [-0.2, -0.15) is 5.10 Å². The minimum Gasteiger partial charge on any atom is -0.378 e. The maximum Gasteiger partial charge on any atom is 0.270 e. The number of hydrogen-bond acceptors (Lipinski definition) is 8. The molecule has 0 spiro atoms. The van der Waals surface area contributed by atoms with Gasteiger partial charge in [-0.1, -0.05) is 47.7 Å². The van der Waals surface area contributed by atoms with Crippen LogP contribution in [-0.4, -0.2) is 37.1 Å². The Morgan fingerprint density at radius 2 is 2.06 bits per heavy atom. The molecule has 0 saturated carbocycles. The molecule has 1 heterocycles. The van der Waals surface area contributed by atoms with E-state index in [1.807, 2.05) is 35.8 Å². The van der Waals surface area contributed by atoms with Crippen LogP contribution in [0.4, 0.5) is 11.4 Å². The van der Waals surface area contributed by atoms with E-state index >= 15 is 0 Å². The molecule has 2 N–H and O–H groups in total. The van der Waals surface area contributed by atoms with Crippen molar-refractivity contribution in [2.75, 3.05) is 5.32 Å². The van der Waals surface area contributed by atoms with Crippen molar-refractivity contribution < 1.29 is 9.72 Å². The van der Waals surface area contributed by atoms with E-state index in [1.165, 1.54) is 35.7 Å². The topological polar surface area (TPSA) is 127 Å². The summed E-state index contributed by atoms with van der Waals surface area (Å²) in [5, 5.41) is 26.7. The van der Waals surface area contributed by atoms with Crippen LogP contribution in [0.5, 0.6) is 0 Å². The molecule has 3 aromatic rings. The SMILES string of the molecule is C=CCn1c(CNc2ccc(C)cc2)nnc1SC(C)C(=O)N/N=C\c1cccc([N+](=O)[O-])c1. The van der Waals surface area contributed by atoms with Crippen LogP contribution in [0.3, 0.4) is 0 Å². The zero-order valence-corrected chi connectivity index (χ0v) is 19.7. The molecule has 0 aliphatic rings. The standard InChI is InChI=1S/C23H25N7O3S/c1-4-12-29-21(15-24-19-10-8-16(2)9-11-19)26-28-23(29)34-17(3)22(31)27-25-14-18-6-5-7-20(13-18)30(32)33/h4-11,13-14,17,24H,1,12,15H2,2-3H3,(H,27,31)/b25-14-. The summed E-state index contributed by atoms with van der Waals surface area (Å²) in [5.74, 6) is 0.387. The first-order valence-electron chi connectivity index (χ1n) is 10.4. The van der Waals surface area contributed by atoms with Gasteiger partial charge in [-0.3, -0.25) is 14.9 Å². The molecule has 1 amide bonds. The van der Waals surface area contributed by atoms with Crippen molar-refractivity contribution in [1.82, 2.24) is 20.2 Å². The Balaban J connectivity index is 1.60. The molecule has 2 aromatic carbocycles. The number of non-ortho nitro benzene ring substituents is 1. The second kappa shape index (κ2) is 11.8. The number of nitro groups is 1. The maximum absolute atomic E-state index is 12.5. The summed E-state index contributed by atoms with van der Waals surface area (Å²) >= 11 is 1.25. The summed E-state index contributed by atoms with van der Waals surface area (Å²) in [6.07, 6.45) is 3.11. The molecule has 0 bridgehead atoms. The highest BCUT2D eigenvalue weighted by atomic mass is 32.2. The lowest BCUT2D eigenvalue weighted by Crippen LogP contribution is -2.27. The number of nitro benzene ring substituents is 1. The van der Waals surface area contributed by atoms with Crippen molar-refractivity contribution >= 4 is 35.3 Å². The molecule has 10 nitrogen and oxygen atoms in total. The van der Waals surface area contributed by atoms with Gasteiger partial charge in [0.2, 0.25) is 0 Å². The van der Waals surface area contributed by atoms with E-state index in [9.17, 15) is 14.9 Å². The van der Waals surface area contributed by atoms with Crippen LogP contribution in [0, 0.1) is 17.0 Å². The number of nitrogens with one attached hydrogen (secondary N) is 2. The van der Waals surface area contributed by atoms with E-state index in [0.29, 0.717) is 23.8 Å². The summed E-state index contributed by atoms with van der Waals surface area (Å²) in [5.41, 5.74) is 5.07. The Morgan fingerprint density at radius 1 is 1.29 bits per heavy atom. The minimum atomic E-state index is -0.507. The van der Waals surface area contributed by atoms with Crippen LogP contribution in [0.15, 0.2) is 71.4 Å². The minimum absolute atomic E-state index is 0.0478. The Labute approximate surface area is 201 Å². The highest BCUT2D eigenvalue weighted by Gasteiger charge is 2.19. The molecule has 0 aliphatic carbocycles. The first kappa shape index (κ1) is 24.6. The van der Waals surface area contributed by atoms with E-state index in [-0.39, 0.29) is 11.6 Å². The second-order valence-electron chi connectivity index (χ2n) is 7.36. The zero-order valence-electron chi connectivity index (χ0n) is 18.8. The van der Waals surface area contributed by atoms with Crippen molar-refractivity contribution in [3.05, 3.63) is 88.3 Å². The number of aromatic nitrogens is 3. The summed E-state index contributed by atoms with van der Waals surface area (Å²) in [6.45, 7) is 8.54. The lowest BCUT2D eigenvalue weighted by Gasteiger charge is -2.12. The number of amides is 1. The van der Waals surface area contributed by atoms with Gasteiger partial charge in [0.05, 0.1) is 22.9 Å². The highest BCUT2D eigenvalue weighted by molar-refractivity contribution is 8.00. The Hall–Kier alpha value is -3.99.